The molecule has 0 bridgehead atoms. The Labute approximate surface area is 118 Å². The third-order valence-electron chi connectivity index (χ3n) is 3.67. The zero-order valence-corrected chi connectivity index (χ0v) is 11.9. The topological polar surface area (TPSA) is 4.93 Å². The number of fused-ring (bicyclic) bond motifs is 1. The molecule has 0 saturated carbocycles. The third-order valence-corrected chi connectivity index (χ3v) is 4.02. The van der Waals surface area contributed by atoms with Crippen LogP contribution in [-0.2, 0) is 6.54 Å². The highest BCUT2D eigenvalue weighted by molar-refractivity contribution is 6.31. The number of aryl methyl sites for hydroxylation is 2. The van der Waals surface area contributed by atoms with Gasteiger partial charge in [0.2, 0.25) is 0 Å². The summed E-state index contributed by atoms with van der Waals surface area (Å²) in [5.74, 6) is 0. The Bertz CT molecular complexity index is 720. The van der Waals surface area contributed by atoms with E-state index in [0.717, 1.165) is 11.6 Å². The predicted octanol–water partition coefficient (Wildman–Crippen LogP) is 4.96. The van der Waals surface area contributed by atoms with Crippen LogP contribution in [0.2, 0.25) is 5.02 Å². The van der Waals surface area contributed by atoms with Gasteiger partial charge in [-0.3, -0.25) is 0 Å². The SMILES string of the molecule is Cc1cccc(Cl)c1Cn1cc(C)c2ccccc21. The summed E-state index contributed by atoms with van der Waals surface area (Å²) >= 11 is 6.32. The van der Waals surface area contributed by atoms with Crippen LogP contribution in [0.5, 0.6) is 0 Å². The molecular formula is C17H16ClN. The first kappa shape index (κ1) is 12.3. The molecule has 1 aromatic heterocycles. The Morgan fingerprint density at radius 1 is 0.947 bits per heavy atom. The van der Waals surface area contributed by atoms with Crippen LogP contribution >= 0.6 is 11.6 Å². The summed E-state index contributed by atoms with van der Waals surface area (Å²) in [6, 6.07) is 14.6. The highest BCUT2D eigenvalue weighted by Crippen LogP contribution is 2.25. The van der Waals surface area contributed by atoms with E-state index in [1.807, 2.05) is 12.1 Å². The maximum absolute atomic E-state index is 6.32. The molecule has 2 heteroatoms. The van der Waals surface area contributed by atoms with Gasteiger partial charge < -0.3 is 4.57 Å². The quantitative estimate of drug-likeness (QED) is 0.620. The minimum absolute atomic E-state index is 0.819. The number of hydrogen-bond acceptors (Lipinski definition) is 0. The Balaban J connectivity index is 2.11. The van der Waals surface area contributed by atoms with Crippen molar-refractivity contribution in [3.8, 4) is 0 Å². The number of hydrogen-bond donors (Lipinski definition) is 0. The highest BCUT2D eigenvalue weighted by Gasteiger charge is 2.08. The van der Waals surface area contributed by atoms with E-state index in [1.165, 1.54) is 27.6 Å². The molecule has 0 fully saturated rings. The lowest BCUT2D eigenvalue weighted by Crippen LogP contribution is -2.00. The summed E-state index contributed by atoms with van der Waals surface area (Å²) in [6.07, 6.45) is 2.20. The van der Waals surface area contributed by atoms with E-state index in [9.17, 15) is 0 Å². The normalized spacial score (nSPS) is 11.1. The van der Waals surface area contributed by atoms with E-state index in [1.54, 1.807) is 0 Å². The molecule has 0 aliphatic carbocycles. The molecule has 3 aromatic rings. The Morgan fingerprint density at radius 3 is 2.53 bits per heavy atom. The van der Waals surface area contributed by atoms with Crippen molar-refractivity contribution in [3.05, 3.63) is 70.4 Å². The van der Waals surface area contributed by atoms with Crippen LogP contribution < -0.4 is 0 Å². The standard InChI is InChI=1S/C17H16ClN/c1-12-6-5-8-16(18)15(12)11-19-10-13(2)14-7-3-4-9-17(14)19/h3-10H,11H2,1-2H3. The van der Waals surface area contributed by atoms with Gasteiger partial charge in [-0.15, -0.1) is 0 Å². The van der Waals surface area contributed by atoms with Gasteiger partial charge in [0.25, 0.3) is 0 Å². The highest BCUT2D eigenvalue weighted by atomic mass is 35.5. The smallest absolute Gasteiger partial charge is 0.0493 e. The fraction of sp³-hybridized carbons (Fsp3) is 0.176. The zero-order chi connectivity index (χ0) is 13.4. The van der Waals surface area contributed by atoms with Gasteiger partial charge in [-0.25, -0.2) is 0 Å². The molecule has 96 valence electrons. The van der Waals surface area contributed by atoms with Crippen LogP contribution in [0, 0.1) is 13.8 Å². The molecule has 19 heavy (non-hydrogen) atoms. The van der Waals surface area contributed by atoms with Crippen molar-refractivity contribution in [1.82, 2.24) is 4.57 Å². The molecule has 0 spiro atoms. The first-order valence-electron chi connectivity index (χ1n) is 6.45. The summed E-state index contributed by atoms with van der Waals surface area (Å²) in [5, 5.41) is 2.16. The fourth-order valence-corrected chi connectivity index (χ4v) is 2.88. The number of para-hydroxylation sites is 1. The van der Waals surface area contributed by atoms with Crippen molar-refractivity contribution >= 4 is 22.5 Å². The number of rotatable bonds is 2. The van der Waals surface area contributed by atoms with Crippen LogP contribution in [0.3, 0.4) is 0 Å². The Hall–Kier alpha value is -1.73. The lowest BCUT2D eigenvalue weighted by Gasteiger charge is -2.10. The summed E-state index contributed by atoms with van der Waals surface area (Å²) in [5.41, 5.74) is 5.01. The van der Waals surface area contributed by atoms with Gasteiger partial charge in [0.05, 0.1) is 0 Å². The third kappa shape index (κ3) is 2.15. The van der Waals surface area contributed by atoms with E-state index >= 15 is 0 Å². The number of benzene rings is 2. The molecule has 0 atom stereocenters. The van der Waals surface area contributed by atoms with Crippen LogP contribution in [0.25, 0.3) is 10.9 Å². The Morgan fingerprint density at radius 2 is 1.74 bits per heavy atom. The van der Waals surface area contributed by atoms with E-state index < -0.39 is 0 Å². The molecule has 0 aliphatic heterocycles. The lowest BCUT2D eigenvalue weighted by molar-refractivity contribution is 0.828. The van der Waals surface area contributed by atoms with Crippen LogP contribution in [0.15, 0.2) is 48.7 Å². The molecule has 0 radical (unpaired) electrons. The minimum atomic E-state index is 0.819. The zero-order valence-electron chi connectivity index (χ0n) is 11.2. The number of nitrogens with zero attached hydrogens (tertiary/aromatic N) is 1. The Kier molecular flexibility index (Phi) is 3.08. The molecular weight excluding hydrogens is 254 g/mol. The summed E-state index contributed by atoms with van der Waals surface area (Å²) in [4.78, 5) is 0. The molecule has 2 aromatic carbocycles. The average molecular weight is 270 g/mol. The van der Waals surface area contributed by atoms with Crippen molar-refractivity contribution in [2.24, 2.45) is 0 Å². The maximum atomic E-state index is 6.32. The van der Waals surface area contributed by atoms with E-state index in [4.69, 9.17) is 11.6 Å². The first-order valence-corrected chi connectivity index (χ1v) is 6.83. The van der Waals surface area contributed by atoms with Crippen molar-refractivity contribution < 1.29 is 0 Å². The molecule has 3 rings (SSSR count). The van der Waals surface area contributed by atoms with Gasteiger partial charge in [-0.1, -0.05) is 41.9 Å². The molecule has 0 amide bonds. The van der Waals surface area contributed by atoms with E-state index in [-0.39, 0.29) is 0 Å². The van der Waals surface area contributed by atoms with Crippen LogP contribution in [-0.4, -0.2) is 4.57 Å². The van der Waals surface area contributed by atoms with Crippen LogP contribution in [0.1, 0.15) is 16.7 Å². The number of aromatic nitrogens is 1. The van der Waals surface area contributed by atoms with Gasteiger partial charge in [0, 0.05) is 28.7 Å². The molecule has 0 unspecified atom stereocenters. The molecule has 0 saturated heterocycles. The van der Waals surface area contributed by atoms with Gasteiger partial charge in [0.1, 0.15) is 0 Å². The molecule has 1 nitrogen and oxygen atoms in total. The minimum Gasteiger partial charge on any atom is -0.343 e. The summed E-state index contributed by atoms with van der Waals surface area (Å²) in [6.45, 7) is 5.08. The summed E-state index contributed by atoms with van der Waals surface area (Å²) < 4.78 is 2.28. The van der Waals surface area contributed by atoms with Crippen LogP contribution in [0.4, 0.5) is 0 Å². The second-order valence-corrected chi connectivity index (χ2v) is 5.40. The van der Waals surface area contributed by atoms with E-state index in [2.05, 4.69) is 54.9 Å². The van der Waals surface area contributed by atoms with Gasteiger partial charge in [0.15, 0.2) is 0 Å². The maximum Gasteiger partial charge on any atom is 0.0493 e. The molecule has 0 aliphatic rings. The monoisotopic (exact) mass is 269 g/mol. The predicted molar refractivity (Wildman–Crippen MR) is 82.0 cm³/mol. The van der Waals surface area contributed by atoms with Crippen molar-refractivity contribution in [2.45, 2.75) is 20.4 Å². The van der Waals surface area contributed by atoms with E-state index in [0.29, 0.717) is 0 Å². The molecule has 0 N–H and O–H groups in total. The van der Waals surface area contributed by atoms with Gasteiger partial charge in [-0.2, -0.15) is 0 Å². The second kappa shape index (κ2) is 4.75. The first-order chi connectivity index (χ1) is 9.16. The largest absolute Gasteiger partial charge is 0.343 e. The number of halogens is 1. The molecule has 1 heterocycles. The lowest BCUT2D eigenvalue weighted by atomic mass is 10.1. The second-order valence-electron chi connectivity index (χ2n) is 4.99. The van der Waals surface area contributed by atoms with Crippen molar-refractivity contribution in [3.63, 3.8) is 0 Å². The fourth-order valence-electron chi connectivity index (χ4n) is 2.60. The van der Waals surface area contributed by atoms with Crippen molar-refractivity contribution in [1.29, 1.82) is 0 Å². The van der Waals surface area contributed by atoms with Crippen molar-refractivity contribution in [2.75, 3.05) is 0 Å². The average Bonchev–Trinajstić information content (AvgIpc) is 2.72. The summed E-state index contributed by atoms with van der Waals surface area (Å²) in [7, 11) is 0. The van der Waals surface area contributed by atoms with Gasteiger partial charge >= 0.3 is 0 Å². The van der Waals surface area contributed by atoms with Gasteiger partial charge in [-0.05, 0) is 42.7 Å².